The maximum atomic E-state index is 6.58. The normalized spacial score (nSPS) is 16.4. The molecule has 3 heterocycles. The van der Waals surface area contributed by atoms with Crippen LogP contribution >= 0.6 is 0 Å². The number of para-hydroxylation sites is 1. The fraction of sp³-hybridized carbons (Fsp3) is 0.143. The van der Waals surface area contributed by atoms with Crippen LogP contribution in [0.3, 0.4) is 0 Å². The molecule has 6 heteroatoms. The summed E-state index contributed by atoms with van der Waals surface area (Å²) in [5, 5.41) is 2.26. The summed E-state index contributed by atoms with van der Waals surface area (Å²) >= 11 is 0. The monoisotopic (exact) mass is 892 g/mol. The van der Waals surface area contributed by atoms with E-state index in [1.54, 1.807) is 0 Å². The smallest absolute Gasteiger partial charge is 0.135 e. The summed E-state index contributed by atoms with van der Waals surface area (Å²) < 4.78 is 8.77. The number of ether oxygens (including phenoxy) is 1. The number of fused-ring (bicyclic) bond motifs is 4. The number of hydrogen-bond acceptors (Lipinski definition) is 4. The van der Waals surface area contributed by atoms with Crippen molar-refractivity contribution in [3.63, 3.8) is 0 Å². The number of benzene rings is 6. The summed E-state index contributed by atoms with van der Waals surface area (Å²) in [4.78, 5) is 9.29. The fourth-order valence-electron chi connectivity index (χ4n) is 9.09. The van der Waals surface area contributed by atoms with Crippen LogP contribution in [-0.4, -0.2) is 16.6 Å². The minimum Gasteiger partial charge on any atom is -0.509 e. The molecule has 12 rings (SSSR count). The van der Waals surface area contributed by atoms with Gasteiger partial charge < -0.3 is 19.1 Å². The second kappa shape index (κ2) is 12.4. The molecule has 0 N–H and O–H groups in total. The van der Waals surface area contributed by atoms with E-state index in [4.69, 9.17) is 9.72 Å². The van der Waals surface area contributed by atoms with Crippen molar-refractivity contribution in [2.45, 2.75) is 38.0 Å². The predicted molar refractivity (Wildman–Crippen MR) is 218 cm³/mol. The number of rotatable bonds is 4. The van der Waals surface area contributed by atoms with Crippen LogP contribution in [0.1, 0.15) is 71.6 Å². The van der Waals surface area contributed by atoms with Gasteiger partial charge in [-0.05, 0) is 87.1 Å². The van der Waals surface area contributed by atoms with Gasteiger partial charge in [0.1, 0.15) is 5.82 Å². The van der Waals surface area contributed by atoms with Crippen molar-refractivity contribution in [3.05, 3.63) is 191 Å². The number of nitrogens with zero attached hydrogens (tertiary/aromatic N) is 4. The summed E-state index contributed by atoms with van der Waals surface area (Å²) in [7, 11) is 2.13. The van der Waals surface area contributed by atoms with Crippen LogP contribution in [0.2, 0.25) is 0 Å². The summed E-state index contributed by atoms with van der Waals surface area (Å²) in [6.45, 7) is 8.84. The van der Waals surface area contributed by atoms with E-state index in [1.165, 1.54) is 44.6 Å². The summed E-state index contributed by atoms with van der Waals surface area (Å²) in [5.41, 5.74) is 15.0. The molecule has 2 aromatic heterocycles. The molecule has 5 nitrogen and oxygen atoms in total. The van der Waals surface area contributed by atoms with Gasteiger partial charge in [0.05, 0.1) is 0 Å². The Morgan fingerprint density at radius 2 is 1.27 bits per heavy atom. The third kappa shape index (κ3) is 5.13. The Labute approximate surface area is 336 Å². The largest absolute Gasteiger partial charge is 0.509 e. The number of aromatic nitrogens is 2. The van der Waals surface area contributed by atoms with Crippen molar-refractivity contribution >= 4 is 38.9 Å². The van der Waals surface area contributed by atoms with Crippen LogP contribution in [0.25, 0.3) is 27.6 Å². The zero-order valence-corrected chi connectivity index (χ0v) is 33.2. The first kappa shape index (κ1) is 33.9. The standard InChI is InChI=1S/C49H37N4O.Pt/c1-49(2,3)30-22-23-50-46(24-30)53-42-19-10-9-14-34(42)35-21-20-33(26-43(35)53)54-32-13-11-12-31(25-32)52-29-51(4)44-27-40-41(28-45(44)52)48-38-17-7-5-15-36(38)47(40)37-16-6-8-18-39(37)48;/h5-24,27-29,47-48H,1-4H3;/q-3;. The van der Waals surface area contributed by atoms with Crippen LogP contribution in [0, 0.1) is 18.8 Å². The third-order valence-corrected chi connectivity index (χ3v) is 11.6. The van der Waals surface area contributed by atoms with Crippen molar-refractivity contribution in [1.29, 1.82) is 0 Å². The van der Waals surface area contributed by atoms with Crippen LogP contribution < -0.4 is 14.5 Å². The van der Waals surface area contributed by atoms with E-state index in [1.807, 2.05) is 24.4 Å². The molecule has 272 valence electrons. The second-order valence-corrected chi connectivity index (χ2v) is 15.8. The average molecular weight is 893 g/mol. The molecule has 0 radical (unpaired) electrons. The van der Waals surface area contributed by atoms with Crippen molar-refractivity contribution in [1.82, 2.24) is 9.55 Å². The van der Waals surface area contributed by atoms with Crippen LogP contribution in [-0.2, 0) is 26.5 Å². The SMILES string of the molecule is CN1[CH-]N(c2[c-]c(Oc3[c-]c4c(cc3)c3ccccc3n4-c3cc(C(C)(C)C)ccn3)ccc2)c2cc3c(cc21)C1c2ccccc2C3c2ccccc21.[Pt]. The molecule has 1 aliphatic heterocycles. The van der Waals surface area contributed by atoms with Crippen molar-refractivity contribution in [3.8, 4) is 17.3 Å². The van der Waals surface area contributed by atoms with Gasteiger partial charge in [-0.15, -0.1) is 41.4 Å². The minimum absolute atomic E-state index is 0. The van der Waals surface area contributed by atoms with Gasteiger partial charge in [-0.1, -0.05) is 93.0 Å². The molecule has 2 bridgehead atoms. The van der Waals surface area contributed by atoms with E-state index in [2.05, 4.69) is 170 Å². The zero-order chi connectivity index (χ0) is 36.3. The first-order valence-electron chi connectivity index (χ1n) is 18.7. The molecule has 4 aliphatic rings. The van der Waals surface area contributed by atoms with Gasteiger partial charge in [-0.25, -0.2) is 4.98 Å². The van der Waals surface area contributed by atoms with E-state index in [9.17, 15) is 0 Å². The Balaban J connectivity index is 0.00000372. The van der Waals surface area contributed by atoms with E-state index in [0.717, 1.165) is 39.0 Å². The van der Waals surface area contributed by atoms with E-state index >= 15 is 0 Å². The maximum absolute atomic E-state index is 6.58. The zero-order valence-electron chi connectivity index (χ0n) is 30.9. The third-order valence-electron chi connectivity index (χ3n) is 11.6. The Bertz CT molecular complexity index is 2780. The molecule has 0 unspecified atom stereocenters. The molecule has 0 spiro atoms. The molecule has 0 fully saturated rings. The van der Waals surface area contributed by atoms with Crippen molar-refractivity contribution in [2.75, 3.05) is 16.8 Å². The Morgan fingerprint density at radius 3 is 1.96 bits per heavy atom. The predicted octanol–water partition coefficient (Wildman–Crippen LogP) is 11.6. The first-order valence-corrected chi connectivity index (χ1v) is 18.7. The van der Waals surface area contributed by atoms with Crippen LogP contribution in [0.4, 0.5) is 17.1 Å². The summed E-state index contributed by atoms with van der Waals surface area (Å²) in [6.07, 6.45) is 1.90. The van der Waals surface area contributed by atoms with Gasteiger partial charge in [0.2, 0.25) is 0 Å². The molecule has 3 aliphatic carbocycles. The Kier molecular flexibility index (Phi) is 7.67. The Morgan fingerprint density at radius 1 is 0.636 bits per heavy atom. The van der Waals surface area contributed by atoms with Gasteiger partial charge in [-0.2, -0.15) is 18.8 Å². The van der Waals surface area contributed by atoms with E-state index < -0.39 is 0 Å². The van der Waals surface area contributed by atoms with Gasteiger partial charge in [-0.3, -0.25) is 0 Å². The maximum Gasteiger partial charge on any atom is 0.135 e. The summed E-state index contributed by atoms with van der Waals surface area (Å²) in [6, 6.07) is 53.0. The number of anilines is 3. The van der Waals surface area contributed by atoms with Gasteiger partial charge in [0.25, 0.3) is 0 Å². The topological polar surface area (TPSA) is 33.5 Å². The molecular weight excluding hydrogens is 856 g/mol. The molecule has 0 atom stereocenters. The molecule has 0 saturated carbocycles. The van der Waals surface area contributed by atoms with Crippen molar-refractivity contribution in [2.24, 2.45) is 0 Å². The van der Waals surface area contributed by atoms with Gasteiger partial charge in [0, 0.05) is 67.5 Å². The Hall–Kier alpha value is -5.64. The van der Waals surface area contributed by atoms with Gasteiger partial charge >= 0.3 is 0 Å². The van der Waals surface area contributed by atoms with Gasteiger partial charge in [0.15, 0.2) is 0 Å². The first-order chi connectivity index (χ1) is 26.3. The van der Waals surface area contributed by atoms with Crippen LogP contribution in [0.15, 0.2) is 134 Å². The second-order valence-electron chi connectivity index (χ2n) is 15.8. The molecular formula is C49H37N4OPt-3. The number of hydrogen-bond donors (Lipinski definition) is 0. The number of pyridine rings is 1. The average Bonchev–Trinajstić information content (AvgIpc) is 3.70. The van der Waals surface area contributed by atoms with Crippen molar-refractivity contribution < 1.29 is 25.8 Å². The molecule has 0 amide bonds. The fourth-order valence-corrected chi connectivity index (χ4v) is 9.09. The van der Waals surface area contributed by atoms with Crippen LogP contribution in [0.5, 0.6) is 11.5 Å². The molecule has 6 aromatic carbocycles. The quantitative estimate of drug-likeness (QED) is 0.165. The summed E-state index contributed by atoms with van der Waals surface area (Å²) in [5.74, 6) is 2.56. The molecule has 8 aromatic rings. The minimum atomic E-state index is -0.00674. The van der Waals surface area contributed by atoms with E-state index in [0.29, 0.717) is 11.5 Å². The van der Waals surface area contributed by atoms with E-state index in [-0.39, 0.29) is 38.3 Å². The molecule has 55 heavy (non-hydrogen) atoms. The molecule has 0 saturated heterocycles.